The normalized spacial score (nSPS) is 16.9. The number of likely N-dealkylation sites (tertiary alicyclic amines) is 1. The molecule has 1 unspecified atom stereocenters. The van der Waals surface area contributed by atoms with Crippen molar-refractivity contribution < 1.29 is 0 Å². The molecule has 0 amide bonds. The van der Waals surface area contributed by atoms with E-state index in [2.05, 4.69) is 63.2 Å². The van der Waals surface area contributed by atoms with Gasteiger partial charge in [-0.15, -0.1) is 0 Å². The van der Waals surface area contributed by atoms with Gasteiger partial charge in [0.2, 0.25) is 0 Å². The third-order valence-electron chi connectivity index (χ3n) is 6.65. The molecule has 3 aliphatic heterocycles. The average Bonchev–Trinajstić information content (AvgIpc) is 3.20. The number of rotatable bonds is 5. The molecule has 0 bridgehead atoms. The first-order chi connectivity index (χ1) is 15.5. The monoisotopic (exact) mass is 429 g/mol. The molecule has 5 rings (SSSR count). The highest BCUT2D eigenvalue weighted by Crippen LogP contribution is 2.25. The topological polar surface area (TPSA) is 83.9 Å². The lowest BCUT2D eigenvalue weighted by atomic mass is 10.0. The molecule has 2 aromatic rings. The van der Waals surface area contributed by atoms with E-state index < -0.39 is 11.2 Å². The summed E-state index contributed by atoms with van der Waals surface area (Å²) in [7, 11) is 0. The van der Waals surface area contributed by atoms with E-state index in [0.29, 0.717) is 18.4 Å². The van der Waals surface area contributed by atoms with E-state index in [-0.39, 0.29) is 5.69 Å². The summed E-state index contributed by atoms with van der Waals surface area (Å²) < 4.78 is 2.00. The summed E-state index contributed by atoms with van der Waals surface area (Å²) in [6.07, 6.45) is 3.39. The van der Waals surface area contributed by atoms with Crippen LogP contribution in [0, 0.1) is 13.8 Å². The van der Waals surface area contributed by atoms with Crippen LogP contribution in [0.3, 0.4) is 0 Å². The maximum absolute atomic E-state index is 12.5. The van der Waals surface area contributed by atoms with Gasteiger partial charge in [-0.2, -0.15) is 4.98 Å². The molecule has 3 heterocycles. The summed E-state index contributed by atoms with van der Waals surface area (Å²) in [5.74, 6) is 0.355. The summed E-state index contributed by atoms with van der Waals surface area (Å²) in [5, 5.41) is 0. The van der Waals surface area contributed by atoms with Crippen LogP contribution in [0.25, 0.3) is 22.6 Å². The third kappa shape index (κ3) is 3.84. The Bertz CT molecular complexity index is 1360. The van der Waals surface area contributed by atoms with Gasteiger partial charge in [-0.3, -0.25) is 14.7 Å². The SMILES string of the molecule is Cc1cc2nc3c(=O)[nH]c(=O)nc-3n(CCN3CCCC3Cc3ccccc3)c2cc1C. The second kappa shape index (κ2) is 8.31. The molecule has 0 radical (unpaired) electrons. The number of benzene rings is 2. The van der Waals surface area contributed by atoms with Crippen LogP contribution < -0.4 is 11.2 Å². The van der Waals surface area contributed by atoms with Crippen LogP contribution in [0.5, 0.6) is 0 Å². The number of aromatic nitrogens is 4. The average molecular weight is 430 g/mol. The molecule has 1 N–H and O–H groups in total. The standard InChI is InChI=1S/C25H27N5O2/c1-16-13-20-21(14-17(16)2)30(23-22(26-20)24(31)28-25(32)27-23)12-11-29-10-6-9-19(29)15-18-7-4-3-5-8-18/h3-5,7-8,13-14,19H,6,9-12,15H2,1-2H3,(H,28,31,32). The van der Waals surface area contributed by atoms with Gasteiger partial charge in [0, 0.05) is 19.1 Å². The van der Waals surface area contributed by atoms with Crippen LogP contribution in [0.4, 0.5) is 0 Å². The molecule has 0 aliphatic carbocycles. The Morgan fingerprint density at radius 2 is 1.81 bits per heavy atom. The number of aromatic amines is 1. The Morgan fingerprint density at radius 3 is 2.62 bits per heavy atom. The highest BCUT2D eigenvalue weighted by molar-refractivity contribution is 5.81. The molecule has 0 spiro atoms. The molecule has 7 heteroatoms. The van der Waals surface area contributed by atoms with E-state index in [0.717, 1.165) is 41.7 Å². The van der Waals surface area contributed by atoms with E-state index >= 15 is 0 Å². The van der Waals surface area contributed by atoms with Gasteiger partial charge in [-0.25, -0.2) is 9.78 Å². The van der Waals surface area contributed by atoms with Crippen LogP contribution in [0.15, 0.2) is 52.1 Å². The van der Waals surface area contributed by atoms with Crippen LogP contribution in [0.2, 0.25) is 0 Å². The van der Waals surface area contributed by atoms with Crippen molar-refractivity contribution in [3.05, 3.63) is 80.0 Å². The summed E-state index contributed by atoms with van der Waals surface area (Å²) >= 11 is 0. The molecule has 1 fully saturated rings. The van der Waals surface area contributed by atoms with Crippen molar-refractivity contribution in [1.29, 1.82) is 0 Å². The van der Waals surface area contributed by atoms with Crippen molar-refractivity contribution in [2.75, 3.05) is 13.1 Å². The van der Waals surface area contributed by atoms with E-state index in [9.17, 15) is 9.59 Å². The zero-order chi connectivity index (χ0) is 22.2. The molecule has 164 valence electrons. The molecule has 7 nitrogen and oxygen atoms in total. The third-order valence-corrected chi connectivity index (χ3v) is 6.65. The van der Waals surface area contributed by atoms with Gasteiger partial charge in [0.1, 0.15) is 0 Å². The highest BCUT2D eigenvalue weighted by atomic mass is 16.2. The lowest BCUT2D eigenvalue weighted by molar-refractivity contribution is 0.243. The fourth-order valence-electron chi connectivity index (χ4n) is 4.81. The van der Waals surface area contributed by atoms with Gasteiger partial charge in [0.25, 0.3) is 5.56 Å². The lowest BCUT2D eigenvalue weighted by Gasteiger charge is -2.26. The van der Waals surface area contributed by atoms with Gasteiger partial charge in [-0.1, -0.05) is 30.3 Å². The largest absolute Gasteiger partial charge is 0.349 e. The van der Waals surface area contributed by atoms with Gasteiger partial charge >= 0.3 is 5.69 Å². The number of fused-ring (bicyclic) bond motifs is 2. The number of nitrogens with one attached hydrogen (secondary N) is 1. The first kappa shape index (κ1) is 20.6. The van der Waals surface area contributed by atoms with E-state index in [1.807, 2.05) is 17.6 Å². The Morgan fingerprint density at radius 1 is 1.03 bits per heavy atom. The molecule has 1 saturated heterocycles. The molecule has 3 aliphatic rings. The zero-order valence-electron chi connectivity index (χ0n) is 18.5. The fraction of sp³-hybridized carbons (Fsp3) is 0.360. The highest BCUT2D eigenvalue weighted by Gasteiger charge is 2.26. The van der Waals surface area contributed by atoms with Crippen molar-refractivity contribution in [2.45, 2.75) is 45.7 Å². The minimum atomic E-state index is -0.635. The first-order valence-corrected chi connectivity index (χ1v) is 11.2. The van der Waals surface area contributed by atoms with Crippen LogP contribution >= 0.6 is 0 Å². The number of nitrogens with zero attached hydrogens (tertiary/aromatic N) is 4. The van der Waals surface area contributed by atoms with Crippen molar-refractivity contribution in [1.82, 2.24) is 24.4 Å². The maximum Gasteiger partial charge on any atom is 0.349 e. The molecule has 0 aromatic heterocycles. The molecular weight excluding hydrogens is 402 g/mol. The summed E-state index contributed by atoms with van der Waals surface area (Å²) in [6.45, 7) is 6.61. The van der Waals surface area contributed by atoms with E-state index in [1.54, 1.807) is 0 Å². The minimum absolute atomic E-state index is 0.211. The van der Waals surface area contributed by atoms with Gasteiger partial charge in [0.15, 0.2) is 11.5 Å². The minimum Gasteiger partial charge on any atom is -0.321 e. The van der Waals surface area contributed by atoms with E-state index in [4.69, 9.17) is 0 Å². The Kier molecular flexibility index (Phi) is 5.35. The zero-order valence-corrected chi connectivity index (χ0v) is 18.5. The van der Waals surface area contributed by atoms with Crippen molar-refractivity contribution >= 4 is 11.0 Å². The maximum atomic E-state index is 12.5. The summed E-state index contributed by atoms with van der Waals surface area (Å²) in [6, 6.07) is 15.2. The summed E-state index contributed by atoms with van der Waals surface area (Å²) in [4.78, 5) is 38.0. The fourth-order valence-corrected chi connectivity index (χ4v) is 4.81. The van der Waals surface area contributed by atoms with Gasteiger partial charge in [-0.05, 0) is 68.5 Å². The molecule has 2 aromatic carbocycles. The van der Waals surface area contributed by atoms with Crippen LogP contribution in [0.1, 0.15) is 29.5 Å². The number of hydrogen-bond acceptors (Lipinski definition) is 5. The molecule has 0 saturated carbocycles. The first-order valence-electron chi connectivity index (χ1n) is 11.2. The predicted octanol–water partition coefficient (Wildman–Crippen LogP) is 2.91. The Hall–Kier alpha value is -3.32. The quantitative estimate of drug-likeness (QED) is 0.493. The number of aryl methyl sites for hydroxylation is 2. The smallest absolute Gasteiger partial charge is 0.321 e. The molecule has 32 heavy (non-hydrogen) atoms. The lowest BCUT2D eigenvalue weighted by Crippen LogP contribution is -2.35. The predicted molar refractivity (Wildman–Crippen MR) is 125 cm³/mol. The van der Waals surface area contributed by atoms with Crippen LogP contribution in [-0.4, -0.2) is 43.6 Å². The van der Waals surface area contributed by atoms with Crippen molar-refractivity contribution in [3.8, 4) is 11.5 Å². The van der Waals surface area contributed by atoms with Crippen LogP contribution in [-0.2, 0) is 13.0 Å². The second-order valence-corrected chi connectivity index (χ2v) is 8.75. The van der Waals surface area contributed by atoms with E-state index in [1.165, 1.54) is 18.4 Å². The van der Waals surface area contributed by atoms with Gasteiger partial charge in [0.05, 0.1) is 11.0 Å². The molecular formula is C25H27N5O2. The van der Waals surface area contributed by atoms with Crippen molar-refractivity contribution in [2.24, 2.45) is 0 Å². The number of H-pyrrole nitrogens is 1. The van der Waals surface area contributed by atoms with Gasteiger partial charge < -0.3 is 4.57 Å². The number of hydrogen-bond donors (Lipinski definition) is 1. The Labute approximate surface area is 186 Å². The second-order valence-electron chi connectivity index (χ2n) is 8.75. The Balaban J connectivity index is 1.51. The molecule has 1 atom stereocenters. The summed E-state index contributed by atoms with van der Waals surface area (Å²) in [5.41, 5.74) is 4.34. The van der Waals surface area contributed by atoms with Crippen molar-refractivity contribution in [3.63, 3.8) is 0 Å².